The van der Waals surface area contributed by atoms with Crippen LogP contribution in [0.2, 0.25) is 0 Å². The number of ether oxygens (including phenoxy) is 2. The van der Waals surface area contributed by atoms with Gasteiger partial charge in [-0.05, 0) is 18.6 Å². The monoisotopic (exact) mass is 318 g/mol. The summed E-state index contributed by atoms with van der Waals surface area (Å²) in [5, 5.41) is 16.7. The number of nitriles is 1. The maximum atomic E-state index is 8.61. The van der Waals surface area contributed by atoms with E-state index >= 15 is 0 Å². The Morgan fingerprint density at radius 3 is 2.86 bits per heavy atom. The van der Waals surface area contributed by atoms with Gasteiger partial charge in [-0.25, -0.2) is 4.98 Å². The van der Waals surface area contributed by atoms with Crippen molar-refractivity contribution in [1.29, 1.82) is 5.26 Å². The van der Waals surface area contributed by atoms with Crippen molar-refractivity contribution in [2.45, 2.75) is 30.2 Å². The predicted octanol–water partition coefficient (Wildman–Crippen LogP) is 3.27. The molecule has 1 aromatic carbocycles. The minimum atomic E-state index is 0.293. The Hall–Kier alpha value is -2.20. The van der Waals surface area contributed by atoms with Crippen LogP contribution in [0.3, 0.4) is 0 Å². The second-order valence-electron chi connectivity index (χ2n) is 4.66. The number of aromatic amines is 1. The van der Waals surface area contributed by atoms with Gasteiger partial charge in [-0.2, -0.15) is 5.26 Å². The van der Waals surface area contributed by atoms with Crippen LogP contribution in [0.4, 0.5) is 0 Å². The molecule has 0 aliphatic rings. The van der Waals surface area contributed by atoms with E-state index in [1.165, 1.54) is 0 Å². The van der Waals surface area contributed by atoms with Crippen molar-refractivity contribution < 1.29 is 9.47 Å². The number of nitrogens with one attached hydrogen (secondary N) is 1. The van der Waals surface area contributed by atoms with Gasteiger partial charge in [0.05, 0.1) is 25.9 Å². The van der Waals surface area contributed by atoms with Crippen LogP contribution < -0.4 is 9.47 Å². The van der Waals surface area contributed by atoms with E-state index in [0.29, 0.717) is 28.4 Å². The smallest absolute Gasteiger partial charge is 0.209 e. The molecule has 2 aromatic rings. The SMILES string of the molecule is COc1ccc(-c2nc(S[C@H](C)CCC#N)n[nH]2)c(OC)c1. The van der Waals surface area contributed by atoms with Gasteiger partial charge >= 0.3 is 0 Å². The topological polar surface area (TPSA) is 83.8 Å². The lowest BCUT2D eigenvalue weighted by molar-refractivity contribution is 0.395. The number of thioether (sulfide) groups is 1. The van der Waals surface area contributed by atoms with E-state index < -0.39 is 0 Å². The molecule has 0 radical (unpaired) electrons. The summed E-state index contributed by atoms with van der Waals surface area (Å²) in [5.74, 6) is 2.04. The molecule has 1 atom stereocenters. The van der Waals surface area contributed by atoms with E-state index in [-0.39, 0.29) is 0 Å². The van der Waals surface area contributed by atoms with E-state index in [0.717, 1.165) is 17.7 Å². The molecule has 6 nitrogen and oxygen atoms in total. The number of benzene rings is 1. The Labute approximate surface area is 133 Å². The second kappa shape index (κ2) is 7.71. The largest absolute Gasteiger partial charge is 0.497 e. The Balaban J connectivity index is 2.16. The van der Waals surface area contributed by atoms with Crippen molar-refractivity contribution in [1.82, 2.24) is 15.2 Å². The summed E-state index contributed by atoms with van der Waals surface area (Å²) >= 11 is 1.55. The van der Waals surface area contributed by atoms with Crippen molar-refractivity contribution in [3.63, 3.8) is 0 Å². The predicted molar refractivity (Wildman–Crippen MR) is 85.1 cm³/mol. The average Bonchev–Trinajstić information content (AvgIpc) is 3.00. The fourth-order valence-electron chi connectivity index (χ4n) is 1.92. The van der Waals surface area contributed by atoms with Crippen molar-refractivity contribution in [3.05, 3.63) is 18.2 Å². The standard InChI is InChI=1S/C15H18N4O2S/c1-10(5-4-8-16)22-15-17-14(18-19-15)12-7-6-11(20-2)9-13(12)21-3/h6-7,9-10H,4-5H2,1-3H3,(H,17,18,19)/t10-/m1/s1. The lowest BCUT2D eigenvalue weighted by atomic mass is 10.2. The summed E-state index contributed by atoms with van der Waals surface area (Å²) in [4.78, 5) is 4.49. The average molecular weight is 318 g/mol. The molecule has 1 heterocycles. The summed E-state index contributed by atoms with van der Waals surface area (Å²) in [6, 6.07) is 7.69. The highest BCUT2D eigenvalue weighted by Gasteiger charge is 2.14. The van der Waals surface area contributed by atoms with Crippen LogP contribution in [0, 0.1) is 11.3 Å². The quantitative estimate of drug-likeness (QED) is 0.789. The van der Waals surface area contributed by atoms with Crippen LogP contribution in [-0.4, -0.2) is 34.7 Å². The van der Waals surface area contributed by atoms with E-state index in [1.54, 1.807) is 32.0 Å². The van der Waals surface area contributed by atoms with E-state index in [4.69, 9.17) is 14.7 Å². The molecule has 1 aromatic heterocycles. The summed E-state index contributed by atoms with van der Waals surface area (Å²) < 4.78 is 10.6. The first-order chi connectivity index (χ1) is 10.7. The minimum absolute atomic E-state index is 0.293. The van der Waals surface area contributed by atoms with Crippen LogP contribution >= 0.6 is 11.8 Å². The number of nitrogens with zero attached hydrogens (tertiary/aromatic N) is 3. The van der Waals surface area contributed by atoms with Crippen LogP contribution in [0.5, 0.6) is 11.5 Å². The first-order valence-corrected chi connectivity index (χ1v) is 7.74. The molecule has 116 valence electrons. The maximum Gasteiger partial charge on any atom is 0.209 e. The lowest BCUT2D eigenvalue weighted by Crippen LogP contribution is -1.95. The molecule has 7 heteroatoms. The zero-order valence-corrected chi connectivity index (χ0v) is 13.6. The molecular formula is C15H18N4O2S. The fourth-order valence-corrected chi connectivity index (χ4v) is 2.76. The molecule has 0 bridgehead atoms. The second-order valence-corrected chi connectivity index (χ2v) is 6.06. The number of aromatic nitrogens is 3. The zero-order valence-electron chi connectivity index (χ0n) is 12.8. The van der Waals surface area contributed by atoms with Gasteiger partial charge in [-0.3, -0.25) is 5.10 Å². The van der Waals surface area contributed by atoms with Gasteiger partial charge in [0, 0.05) is 17.7 Å². The number of hydrogen-bond donors (Lipinski definition) is 1. The molecule has 0 fully saturated rings. The first kappa shape index (κ1) is 16.2. The van der Waals surface area contributed by atoms with Gasteiger partial charge in [-0.15, -0.1) is 5.10 Å². The highest BCUT2D eigenvalue weighted by atomic mass is 32.2. The molecule has 0 aliphatic heterocycles. The highest BCUT2D eigenvalue weighted by Crippen LogP contribution is 2.32. The van der Waals surface area contributed by atoms with E-state index in [1.807, 2.05) is 12.1 Å². The third-order valence-electron chi connectivity index (χ3n) is 3.10. The Kier molecular flexibility index (Phi) is 5.67. The van der Waals surface area contributed by atoms with Gasteiger partial charge in [0.25, 0.3) is 0 Å². The normalized spacial score (nSPS) is 11.7. The van der Waals surface area contributed by atoms with Crippen molar-refractivity contribution in [2.75, 3.05) is 14.2 Å². The number of methoxy groups -OCH3 is 2. The molecule has 0 aliphatic carbocycles. The van der Waals surface area contributed by atoms with Gasteiger partial charge in [0.1, 0.15) is 11.5 Å². The zero-order chi connectivity index (χ0) is 15.9. The molecule has 2 rings (SSSR count). The minimum Gasteiger partial charge on any atom is -0.497 e. The summed E-state index contributed by atoms with van der Waals surface area (Å²) in [5.41, 5.74) is 0.826. The third kappa shape index (κ3) is 3.92. The molecule has 22 heavy (non-hydrogen) atoms. The molecule has 0 unspecified atom stereocenters. The summed E-state index contributed by atoms with van der Waals surface area (Å²) in [7, 11) is 3.22. The van der Waals surface area contributed by atoms with Gasteiger partial charge < -0.3 is 9.47 Å². The molecule has 0 saturated carbocycles. The van der Waals surface area contributed by atoms with Crippen molar-refractivity contribution in [3.8, 4) is 29.0 Å². The van der Waals surface area contributed by atoms with E-state index in [9.17, 15) is 0 Å². The molecule has 1 N–H and O–H groups in total. The van der Waals surface area contributed by atoms with Crippen LogP contribution in [-0.2, 0) is 0 Å². The van der Waals surface area contributed by atoms with Gasteiger partial charge in [0.2, 0.25) is 5.16 Å². The van der Waals surface area contributed by atoms with Crippen molar-refractivity contribution in [2.24, 2.45) is 0 Å². The van der Waals surface area contributed by atoms with Crippen LogP contribution in [0.1, 0.15) is 19.8 Å². The lowest BCUT2D eigenvalue weighted by Gasteiger charge is -2.08. The third-order valence-corrected chi connectivity index (χ3v) is 4.13. The molecule has 0 spiro atoms. The first-order valence-electron chi connectivity index (χ1n) is 6.86. The molecule has 0 amide bonds. The van der Waals surface area contributed by atoms with Crippen molar-refractivity contribution >= 4 is 11.8 Å². The number of H-pyrrole nitrogens is 1. The number of hydrogen-bond acceptors (Lipinski definition) is 6. The Bertz CT molecular complexity index is 666. The van der Waals surface area contributed by atoms with E-state index in [2.05, 4.69) is 28.2 Å². The summed E-state index contributed by atoms with van der Waals surface area (Å²) in [6.45, 7) is 2.06. The van der Waals surface area contributed by atoms with Gasteiger partial charge in [0.15, 0.2) is 5.82 Å². The maximum absolute atomic E-state index is 8.61. The van der Waals surface area contributed by atoms with Gasteiger partial charge in [-0.1, -0.05) is 18.7 Å². The number of rotatable bonds is 7. The van der Waals surface area contributed by atoms with Crippen LogP contribution in [0.15, 0.2) is 23.4 Å². The van der Waals surface area contributed by atoms with Crippen LogP contribution in [0.25, 0.3) is 11.4 Å². The Morgan fingerprint density at radius 2 is 2.18 bits per heavy atom. The molecule has 0 saturated heterocycles. The molecular weight excluding hydrogens is 300 g/mol. The summed E-state index contributed by atoms with van der Waals surface area (Å²) in [6.07, 6.45) is 1.36. The highest BCUT2D eigenvalue weighted by molar-refractivity contribution is 7.99. The fraction of sp³-hybridized carbons (Fsp3) is 0.400. The Morgan fingerprint density at radius 1 is 1.36 bits per heavy atom.